The highest BCUT2D eigenvalue weighted by Gasteiger charge is 2.25. The van der Waals surface area contributed by atoms with E-state index in [2.05, 4.69) is 10.1 Å². The summed E-state index contributed by atoms with van der Waals surface area (Å²) in [5, 5.41) is 3.85. The average molecular weight is 322 g/mol. The molecule has 1 aliphatic heterocycles. The highest BCUT2D eigenvalue weighted by atomic mass is 32.2. The SMILES string of the molecule is Cc1ccc(-c2noc(CS(=O)(=O)C[C@@H]3CCCO3)n2)cc1. The van der Waals surface area contributed by atoms with Crippen molar-refractivity contribution >= 4 is 9.84 Å². The predicted molar refractivity (Wildman–Crippen MR) is 80.9 cm³/mol. The number of hydrogen-bond acceptors (Lipinski definition) is 6. The number of benzene rings is 1. The highest BCUT2D eigenvalue weighted by Crippen LogP contribution is 2.19. The topological polar surface area (TPSA) is 82.3 Å². The summed E-state index contributed by atoms with van der Waals surface area (Å²) in [6.07, 6.45) is 1.50. The van der Waals surface area contributed by atoms with Crippen LogP contribution in [0.5, 0.6) is 0 Å². The van der Waals surface area contributed by atoms with Gasteiger partial charge < -0.3 is 9.26 Å². The minimum absolute atomic E-state index is 0.00917. The van der Waals surface area contributed by atoms with E-state index in [0.717, 1.165) is 24.0 Å². The maximum Gasteiger partial charge on any atom is 0.242 e. The van der Waals surface area contributed by atoms with Crippen molar-refractivity contribution < 1.29 is 17.7 Å². The monoisotopic (exact) mass is 322 g/mol. The maximum absolute atomic E-state index is 12.1. The quantitative estimate of drug-likeness (QED) is 0.839. The second kappa shape index (κ2) is 6.18. The smallest absolute Gasteiger partial charge is 0.242 e. The van der Waals surface area contributed by atoms with Crippen molar-refractivity contribution in [3.8, 4) is 11.4 Å². The third kappa shape index (κ3) is 3.72. The van der Waals surface area contributed by atoms with Crippen LogP contribution in [0.1, 0.15) is 24.3 Å². The first-order valence-electron chi connectivity index (χ1n) is 7.23. The highest BCUT2D eigenvalue weighted by molar-refractivity contribution is 7.90. The van der Waals surface area contributed by atoms with E-state index in [1.54, 1.807) is 0 Å². The number of rotatable bonds is 5. The van der Waals surface area contributed by atoms with Gasteiger partial charge in [-0.3, -0.25) is 0 Å². The van der Waals surface area contributed by atoms with Crippen molar-refractivity contribution in [1.82, 2.24) is 10.1 Å². The molecule has 1 saturated heterocycles. The summed E-state index contributed by atoms with van der Waals surface area (Å²) in [6, 6.07) is 7.65. The molecule has 7 heteroatoms. The lowest BCUT2D eigenvalue weighted by Crippen LogP contribution is -2.21. The third-order valence-electron chi connectivity index (χ3n) is 3.59. The van der Waals surface area contributed by atoms with E-state index in [0.29, 0.717) is 12.4 Å². The van der Waals surface area contributed by atoms with Crippen molar-refractivity contribution in [2.75, 3.05) is 12.4 Å². The van der Waals surface area contributed by atoms with Gasteiger partial charge in [-0.25, -0.2) is 8.42 Å². The van der Waals surface area contributed by atoms with Gasteiger partial charge in [0.15, 0.2) is 9.84 Å². The van der Waals surface area contributed by atoms with Gasteiger partial charge in [-0.05, 0) is 19.8 Å². The summed E-state index contributed by atoms with van der Waals surface area (Å²) in [4.78, 5) is 4.17. The standard InChI is InChI=1S/C15H18N2O4S/c1-11-4-6-12(7-5-11)15-16-14(21-17-15)10-22(18,19)9-13-3-2-8-20-13/h4-7,13H,2-3,8-10H2,1H3/t13-/m0/s1. The minimum atomic E-state index is -3.31. The van der Waals surface area contributed by atoms with E-state index in [1.165, 1.54) is 0 Å². The first-order valence-corrected chi connectivity index (χ1v) is 9.06. The van der Waals surface area contributed by atoms with Gasteiger partial charge in [0.25, 0.3) is 0 Å². The molecular formula is C15H18N2O4S. The van der Waals surface area contributed by atoms with Crippen molar-refractivity contribution in [2.24, 2.45) is 0 Å². The molecule has 0 N–H and O–H groups in total. The molecule has 0 bridgehead atoms. The molecule has 0 aliphatic carbocycles. The van der Waals surface area contributed by atoms with Gasteiger partial charge in [-0.15, -0.1) is 0 Å². The summed E-state index contributed by atoms with van der Waals surface area (Å²) in [6.45, 7) is 2.63. The summed E-state index contributed by atoms with van der Waals surface area (Å²) in [5.41, 5.74) is 1.93. The lowest BCUT2D eigenvalue weighted by Gasteiger charge is -2.08. The van der Waals surface area contributed by atoms with Crippen LogP contribution in [0.4, 0.5) is 0 Å². The van der Waals surface area contributed by atoms with Crippen molar-refractivity contribution in [3.63, 3.8) is 0 Å². The van der Waals surface area contributed by atoms with Gasteiger partial charge in [0.1, 0.15) is 5.75 Å². The van der Waals surface area contributed by atoms with Gasteiger partial charge in [0, 0.05) is 12.2 Å². The fourth-order valence-electron chi connectivity index (χ4n) is 2.44. The molecule has 0 amide bonds. The van der Waals surface area contributed by atoms with Crippen LogP contribution in [0.25, 0.3) is 11.4 Å². The Balaban J connectivity index is 1.69. The van der Waals surface area contributed by atoms with Gasteiger partial charge in [-0.1, -0.05) is 35.0 Å². The normalized spacial score (nSPS) is 18.7. The van der Waals surface area contributed by atoms with Crippen LogP contribution in [0.3, 0.4) is 0 Å². The second-order valence-corrected chi connectivity index (χ2v) is 7.68. The van der Waals surface area contributed by atoms with Crippen LogP contribution < -0.4 is 0 Å². The molecule has 1 aromatic heterocycles. The van der Waals surface area contributed by atoms with E-state index in [1.807, 2.05) is 31.2 Å². The summed E-state index contributed by atoms with van der Waals surface area (Å²) in [7, 11) is -3.31. The van der Waals surface area contributed by atoms with Crippen molar-refractivity contribution in [1.29, 1.82) is 0 Å². The summed E-state index contributed by atoms with van der Waals surface area (Å²) in [5.74, 6) is 0.289. The fraction of sp³-hybridized carbons (Fsp3) is 0.467. The largest absolute Gasteiger partial charge is 0.377 e. The van der Waals surface area contributed by atoms with Gasteiger partial charge >= 0.3 is 0 Å². The minimum Gasteiger partial charge on any atom is -0.377 e. The van der Waals surface area contributed by atoms with E-state index in [9.17, 15) is 8.42 Å². The van der Waals surface area contributed by atoms with Crippen LogP contribution in [-0.4, -0.2) is 37.0 Å². The van der Waals surface area contributed by atoms with Crippen LogP contribution in [0, 0.1) is 6.92 Å². The fourth-order valence-corrected chi connectivity index (χ4v) is 3.88. The molecule has 0 saturated carbocycles. The number of sulfone groups is 1. The van der Waals surface area contributed by atoms with Crippen LogP contribution in [-0.2, 0) is 20.3 Å². The Hall–Kier alpha value is -1.73. The van der Waals surface area contributed by atoms with Crippen molar-refractivity contribution in [3.05, 3.63) is 35.7 Å². The Morgan fingerprint density at radius 2 is 2.05 bits per heavy atom. The van der Waals surface area contributed by atoms with E-state index in [-0.39, 0.29) is 23.5 Å². The van der Waals surface area contributed by atoms with E-state index < -0.39 is 9.84 Å². The third-order valence-corrected chi connectivity index (χ3v) is 5.15. The number of aryl methyl sites for hydroxylation is 1. The molecule has 0 spiro atoms. The zero-order valence-corrected chi connectivity index (χ0v) is 13.2. The van der Waals surface area contributed by atoms with Crippen LogP contribution in [0.15, 0.2) is 28.8 Å². The Morgan fingerprint density at radius 1 is 1.27 bits per heavy atom. The lowest BCUT2D eigenvalue weighted by molar-refractivity contribution is 0.127. The van der Waals surface area contributed by atoms with Crippen LogP contribution in [0.2, 0.25) is 0 Å². The van der Waals surface area contributed by atoms with Gasteiger partial charge in [0.05, 0.1) is 11.9 Å². The Bertz CT molecular complexity index is 731. The zero-order chi connectivity index (χ0) is 15.6. The van der Waals surface area contributed by atoms with Crippen LogP contribution >= 0.6 is 0 Å². The first-order chi connectivity index (χ1) is 10.5. The van der Waals surface area contributed by atoms with Gasteiger partial charge in [0.2, 0.25) is 11.7 Å². The predicted octanol–water partition coefficient (Wildman–Crippen LogP) is 2.14. The Kier molecular flexibility index (Phi) is 4.26. The molecule has 0 unspecified atom stereocenters. The number of nitrogens with zero attached hydrogens (tertiary/aromatic N) is 2. The zero-order valence-electron chi connectivity index (χ0n) is 12.4. The summed E-state index contributed by atoms with van der Waals surface area (Å²) >= 11 is 0. The molecule has 1 aliphatic rings. The molecule has 118 valence electrons. The molecule has 1 aromatic carbocycles. The molecule has 1 atom stereocenters. The first kappa shape index (κ1) is 15.2. The molecule has 6 nitrogen and oxygen atoms in total. The molecule has 0 radical (unpaired) electrons. The Labute approximate surface area is 129 Å². The average Bonchev–Trinajstić information content (AvgIpc) is 3.10. The number of ether oxygens (including phenoxy) is 1. The molecular weight excluding hydrogens is 304 g/mol. The van der Waals surface area contributed by atoms with E-state index in [4.69, 9.17) is 9.26 Å². The van der Waals surface area contributed by atoms with Crippen molar-refractivity contribution in [2.45, 2.75) is 31.6 Å². The Morgan fingerprint density at radius 3 is 2.73 bits per heavy atom. The number of hydrogen-bond donors (Lipinski definition) is 0. The molecule has 3 rings (SSSR count). The molecule has 22 heavy (non-hydrogen) atoms. The van der Waals surface area contributed by atoms with E-state index >= 15 is 0 Å². The summed E-state index contributed by atoms with van der Waals surface area (Å²) < 4.78 is 34.7. The second-order valence-electron chi connectivity index (χ2n) is 5.57. The molecule has 1 fully saturated rings. The number of aromatic nitrogens is 2. The molecule has 2 aromatic rings. The van der Waals surface area contributed by atoms with Gasteiger partial charge in [-0.2, -0.15) is 4.98 Å². The molecule has 2 heterocycles. The lowest BCUT2D eigenvalue weighted by atomic mass is 10.1. The maximum atomic E-state index is 12.1.